The number of fused-ring (bicyclic) bond motifs is 1. The molecule has 0 saturated carbocycles. The Labute approximate surface area is 195 Å². The smallest absolute Gasteiger partial charge is 0.251 e. The molecule has 2 aromatic carbocycles. The van der Waals surface area contributed by atoms with Crippen LogP contribution in [0.5, 0.6) is 0 Å². The number of halogens is 1. The number of carbonyl (C=O) groups excluding carboxylic acids is 2. The number of nitrogens with one attached hydrogen (secondary N) is 2. The summed E-state index contributed by atoms with van der Waals surface area (Å²) in [5, 5.41) is 10.4. The van der Waals surface area contributed by atoms with Gasteiger partial charge in [-0.1, -0.05) is 35.9 Å². The molecule has 8 heteroatoms. The third-order valence-electron chi connectivity index (χ3n) is 5.94. The molecule has 2 amide bonds. The van der Waals surface area contributed by atoms with E-state index in [2.05, 4.69) is 20.7 Å². The molecule has 4 aromatic rings. The molecule has 0 fully saturated rings. The molecule has 0 aliphatic carbocycles. The molecule has 170 valence electrons. The number of aryl methyl sites for hydroxylation is 2. The summed E-state index contributed by atoms with van der Waals surface area (Å²) in [4.78, 5) is 30.8. The summed E-state index contributed by atoms with van der Waals surface area (Å²) in [7, 11) is 0. The van der Waals surface area contributed by atoms with Crippen LogP contribution in [0.4, 0.5) is 10.2 Å². The van der Waals surface area contributed by atoms with Crippen LogP contribution in [0.15, 0.2) is 72.9 Å². The number of amides is 2. The Morgan fingerprint density at radius 3 is 2.56 bits per heavy atom. The minimum Gasteiger partial charge on any atom is -0.339 e. The maximum absolute atomic E-state index is 13.7. The molecule has 7 nitrogen and oxygen atoms in total. The van der Waals surface area contributed by atoms with Gasteiger partial charge in [-0.3, -0.25) is 9.59 Å². The number of anilines is 1. The zero-order valence-electron chi connectivity index (χ0n) is 18.6. The Balaban J connectivity index is 1.62. The summed E-state index contributed by atoms with van der Waals surface area (Å²) in [6.45, 7) is 3.73. The molecule has 2 aromatic heterocycles. The largest absolute Gasteiger partial charge is 0.339 e. The lowest BCUT2D eigenvalue weighted by molar-refractivity contribution is -0.118. The fraction of sp³-hybridized carbons (Fsp3) is 0.154. The zero-order valence-corrected chi connectivity index (χ0v) is 18.6. The van der Waals surface area contributed by atoms with Crippen molar-refractivity contribution in [1.82, 2.24) is 20.1 Å². The van der Waals surface area contributed by atoms with Gasteiger partial charge in [0, 0.05) is 23.2 Å². The summed E-state index contributed by atoms with van der Waals surface area (Å²) < 4.78 is 15.3. The van der Waals surface area contributed by atoms with Gasteiger partial charge in [0.1, 0.15) is 17.7 Å². The number of carbonyl (C=O) groups is 2. The highest BCUT2D eigenvalue weighted by Gasteiger charge is 2.42. The first kappa shape index (κ1) is 21.5. The van der Waals surface area contributed by atoms with E-state index < -0.39 is 12.0 Å². The molecular formula is C26H22FN5O2. The molecule has 0 spiro atoms. The summed E-state index contributed by atoms with van der Waals surface area (Å²) in [5.41, 5.74) is 3.50. The Kier molecular flexibility index (Phi) is 5.41. The number of rotatable bonds is 4. The Hall–Kier alpha value is -4.33. The van der Waals surface area contributed by atoms with E-state index in [1.807, 2.05) is 26.0 Å². The number of nitrogens with zero attached hydrogens (tertiary/aromatic N) is 3. The number of benzene rings is 2. The first-order valence-corrected chi connectivity index (χ1v) is 10.9. The first-order valence-electron chi connectivity index (χ1n) is 10.9. The Bertz CT molecular complexity index is 1380. The highest BCUT2D eigenvalue weighted by molar-refractivity contribution is 6.04. The first-order chi connectivity index (χ1) is 16.4. The van der Waals surface area contributed by atoms with Crippen molar-refractivity contribution in [3.63, 3.8) is 0 Å². The molecule has 1 aliphatic rings. The van der Waals surface area contributed by atoms with Crippen molar-refractivity contribution in [2.45, 2.75) is 25.8 Å². The maximum atomic E-state index is 13.7. The normalized spacial score (nSPS) is 17.1. The second-order valence-electron chi connectivity index (χ2n) is 8.29. The van der Waals surface area contributed by atoms with Gasteiger partial charge in [0.15, 0.2) is 5.82 Å². The van der Waals surface area contributed by atoms with Crippen molar-refractivity contribution >= 4 is 17.6 Å². The van der Waals surface area contributed by atoms with Gasteiger partial charge in [0.05, 0.1) is 5.69 Å². The van der Waals surface area contributed by atoms with Crippen LogP contribution in [-0.4, -0.2) is 32.6 Å². The summed E-state index contributed by atoms with van der Waals surface area (Å²) in [6.07, 6.45) is 1.64. The molecule has 3 heterocycles. The molecular weight excluding hydrogens is 433 g/mol. The second kappa shape index (κ2) is 8.55. The van der Waals surface area contributed by atoms with E-state index in [9.17, 15) is 14.0 Å². The molecule has 0 unspecified atom stereocenters. The lowest BCUT2D eigenvalue weighted by atomic mass is 9.82. The van der Waals surface area contributed by atoms with Gasteiger partial charge in [-0.2, -0.15) is 9.78 Å². The van der Waals surface area contributed by atoms with Gasteiger partial charge in [-0.05, 0) is 55.8 Å². The van der Waals surface area contributed by atoms with Crippen molar-refractivity contribution in [1.29, 1.82) is 0 Å². The number of aromatic nitrogens is 3. The van der Waals surface area contributed by atoms with Crippen molar-refractivity contribution in [3.05, 3.63) is 107 Å². The van der Waals surface area contributed by atoms with Crippen molar-refractivity contribution < 1.29 is 14.0 Å². The number of pyridine rings is 1. The van der Waals surface area contributed by atoms with Crippen molar-refractivity contribution in [2.24, 2.45) is 0 Å². The molecule has 2 N–H and O–H groups in total. The number of hydrogen-bond acceptors (Lipinski definition) is 4. The Morgan fingerprint density at radius 1 is 1.06 bits per heavy atom. The van der Waals surface area contributed by atoms with Crippen LogP contribution in [0.2, 0.25) is 0 Å². The van der Waals surface area contributed by atoms with Gasteiger partial charge in [-0.15, -0.1) is 0 Å². The monoisotopic (exact) mass is 455 g/mol. The zero-order chi connectivity index (χ0) is 23.8. The second-order valence-corrected chi connectivity index (χ2v) is 8.29. The van der Waals surface area contributed by atoms with E-state index >= 15 is 0 Å². The molecule has 2 atom stereocenters. The molecule has 5 rings (SSSR count). The SMILES string of the molecule is Cc1cccc(C(=O)N[C@@H]2C(=O)Nc3c(c(C)nn3-c3ccccn3)[C@@H]2c2ccc(F)cc2)c1. The van der Waals surface area contributed by atoms with Gasteiger partial charge in [0.25, 0.3) is 5.91 Å². The fourth-order valence-electron chi connectivity index (χ4n) is 4.38. The summed E-state index contributed by atoms with van der Waals surface area (Å²) in [6, 6.07) is 17.6. The molecule has 1 aliphatic heterocycles. The standard InChI is InChI=1S/C26H22FN5O2/c1-15-6-5-7-18(14-15)25(33)29-23-22(17-9-11-19(27)12-10-17)21-16(2)31-32(24(21)30-26(23)34)20-8-3-4-13-28-20/h3-14,22-23H,1-2H3,(H,29,33)(H,30,34)/t22-,23-/m0/s1. The average molecular weight is 455 g/mol. The quantitative estimate of drug-likeness (QED) is 0.488. The summed E-state index contributed by atoms with van der Waals surface area (Å²) in [5.74, 6) is -0.682. The molecule has 0 saturated heterocycles. The van der Waals surface area contributed by atoms with Gasteiger partial charge < -0.3 is 10.6 Å². The van der Waals surface area contributed by atoms with E-state index in [0.717, 1.165) is 11.1 Å². The van der Waals surface area contributed by atoms with E-state index in [1.165, 1.54) is 12.1 Å². The van der Waals surface area contributed by atoms with Gasteiger partial charge in [0.2, 0.25) is 5.91 Å². The van der Waals surface area contributed by atoms with Gasteiger partial charge in [-0.25, -0.2) is 9.37 Å². The minimum atomic E-state index is -0.925. The minimum absolute atomic E-state index is 0.366. The third-order valence-corrected chi connectivity index (χ3v) is 5.94. The molecule has 0 bridgehead atoms. The van der Waals surface area contributed by atoms with E-state index in [1.54, 1.807) is 53.3 Å². The van der Waals surface area contributed by atoms with Gasteiger partial charge >= 0.3 is 0 Å². The average Bonchev–Trinajstić information content (AvgIpc) is 3.16. The van der Waals surface area contributed by atoms with Crippen LogP contribution in [0.25, 0.3) is 5.82 Å². The predicted octanol–water partition coefficient (Wildman–Crippen LogP) is 3.91. The van der Waals surface area contributed by atoms with Crippen LogP contribution in [0.3, 0.4) is 0 Å². The fourth-order valence-corrected chi connectivity index (χ4v) is 4.38. The van der Waals surface area contributed by atoms with E-state index in [-0.39, 0.29) is 17.6 Å². The number of hydrogen-bond donors (Lipinski definition) is 2. The molecule has 0 radical (unpaired) electrons. The third kappa shape index (κ3) is 3.83. The Morgan fingerprint density at radius 2 is 1.85 bits per heavy atom. The van der Waals surface area contributed by atoms with E-state index in [4.69, 9.17) is 0 Å². The van der Waals surface area contributed by atoms with Crippen molar-refractivity contribution in [3.8, 4) is 5.82 Å². The highest BCUT2D eigenvalue weighted by Crippen LogP contribution is 2.40. The lowest BCUT2D eigenvalue weighted by Gasteiger charge is -2.32. The van der Waals surface area contributed by atoms with Crippen molar-refractivity contribution in [2.75, 3.05) is 5.32 Å². The van der Waals surface area contributed by atoms with E-state index in [0.29, 0.717) is 28.5 Å². The van der Waals surface area contributed by atoms with Crippen LogP contribution in [0, 0.1) is 19.7 Å². The molecule has 34 heavy (non-hydrogen) atoms. The highest BCUT2D eigenvalue weighted by atomic mass is 19.1. The van der Waals surface area contributed by atoms with Crippen LogP contribution < -0.4 is 10.6 Å². The maximum Gasteiger partial charge on any atom is 0.251 e. The van der Waals surface area contributed by atoms with Crippen LogP contribution >= 0.6 is 0 Å². The van der Waals surface area contributed by atoms with Crippen LogP contribution in [-0.2, 0) is 4.79 Å². The lowest BCUT2D eigenvalue weighted by Crippen LogP contribution is -2.50. The predicted molar refractivity (Wildman–Crippen MR) is 125 cm³/mol. The topological polar surface area (TPSA) is 88.9 Å². The van der Waals surface area contributed by atoms with Crippen LogP contribution in [0.1, 0.15) is 38.7 Å². The summed E-state index contributed by atoms with van der Waals surface area (Å²) >= 11 is 0.